The summed E-state index contributed by atoms with van der Waals surface area (Å²) < 4.78 is 5.43. The van der Waals surface area contributed by atoms with E-state index in [4.69, 9.17) is 0 Å². The number of hydrogen-bond acceptors (Lipinski definition) is 7. The molecule has 0 bridgehead atoms. The molecule has 3 rings (SSSR count). The van der Waals surface area contributed by atoms with Crippen molar-refractivity contribution in [1.29, 1.82) is 0 Å². The number of thioether (sulfide) groups is 2. The van der Waals surface area contributed by atoms with Crippen LogP contribution in [0.1, 0.15) is 40.2 Å². The third-order valence-corrected chi connectivity index (χ3v) is 6.54. The van der Waals surface area contributed by atoms with Crippen molar-refractivity contribution >= 4 is 50.3 Å². The van der Waals surface area contributed by atoms with Gasteiger partial charge in [-0.1, -0.05) is 55.5 Å². The lowest BCUT2D eigenvalue weighted by Gasteiger charge is -2.10. The highest BCUT2D eigenvalue weighted by molar-refractivity contribution is 8.38. The van der Waals surface area contributed by atoms with Crippen molar-refractivity contribution in [2.75, 3.05) is 12.5 Å². The Balaban J connectivity index is 1.84. The Morgan fingerprint density at radius 1 is 1.04 bits per heavy atom. The van der Waals surface area contributed by atoms with Crippen LogP contribution < -0.4 is 0 Å². The zero-order valence-electron chi connectivity index (χ0n) is 15.2. The summed E-state index contributed by atoms with van der Waals surface area (Å²) in [5.41, 5.74) is 2.37. The fourth-order valence-electron chi connectivity index (χ4n) is 2.55. The van der Waals surface area contributed by atoms with Crippen LogP contribution in [0.4, 0.5) is 5.13 Å². The predicted molar refractivity (Wildman–Crippen MR) is 118 cm³/mol. The molecule has 1 atom stereocenters. The lowest BCUT2D eigenvalue weighted by molar-refractivity contribution is 0.103. The second-order valence-electron chi connectivity index (χ2n) is 5.76. The minimum atomic E-state index is -0.0132. The van der Waals surface area contributed by atoms with Gasteiger partial charge in [0, 0.05) is 28.6 Å². The van der Waals surface area contributed by atoms with Gasteiger partial charge in [0.1, 0.15) is 4.38 Å². The van der Waals surface area contributed by atoms with E-state index in [9.17, 15) is 4.79 Å². The summed E-state index contributed by atoms with van der Waals surface area (Å²) in [5, 5.41) is 0.659. The summed E-state index contributed by atoms with van der Waals surface area (Å²) in [4.78, 5) is 21.8. The van der Waals surface area contributed by atoms with Crippen LogP contribution in [0.25, 0.3) is 0 Å². The predicted octanol–water partition coefficient (Wildman–Crippen LogP) is 5.63. The first kappa shape index (κ1) is 19.8. The van der Waals surface area contributed by atoms with Crippen molar-refractivity contribution in [1.82, 2.24) is 9.36 Å². The number of aromatic nitrogens is 2. The van der Waals surface area contributed by atoms with Crippen molar-refractivity contribution in [3.05, 3.63) is 77.1 Å². The van der Waals surface area contributed by atoms with Gasteiger partial charge in [-0.05, 0) is 24.1 Å². The van der Waals surface area contributed by atoms with Gasteiger partial charge in [-0.15, -0.1) is 23.5 Å². The number of ketones is 1. The molecule has 1 aromatic heterocycles. The van der Waals surface area contributed by atoms with Crippen LogP contribution in [0.15, 0.2) is 59.6 Å². The summed E-state index contributed by atoms with van der Waals surface area (Å²) in [6.45, 7) is 2.05. The molecular formula is C20H19N3OS3. The molecule has 2 aromatic carbocycles. The van der Waals surface area contributed by atoms with Gasteiger partial charge in [-0.2, -0.15) is 4.37 Å². The number of carbonyl (C=O) groups is 1. The molecule has 4 nitrogen and oxygen atoms in total. The highest BCUT2D eigenvalue weighted by Crippen LogP contribution is 2.28. The first-order valence-electron chi connectivity index (χ1n) is 8.32. The first-order valence-corrected chi connectivity index (χ1v) is 11.5. The summed E-state index contributed by atoms with van der Waals surface area (Å²) in [5.74, 6) is 0.733. The lowest BCUT2D eigenvalue weighted by Crippen LogP contribution is -2.04. The molecule has 3 aromatic rings. The van der Waals surface area contributed by atoms with E-state index in [1.807, 2.05) is 74.0 Å². The van der Waals surface area contributed by atoms with Crippen LogP contribution in [0.2, 0.25) is 0 Å². The minimum Gasteiger partial charge on any atom is -0.289 e. The van der Waals surface area contributed by atoms with E-state index in [0.29, 0.717) is 16.3 Å². The van der Waals surface area contributed by atoms with Gasteiger partial charge in [-0.25, -0.2) is 9.98 Å². The highest BCUT2D eigenvalue weighted by Gasteiger charge is 2.17. The van der Waals surface area contributed by atoms with Gasteiger partial charge in [0.05, 0.1) is 0 Å². The van der Waals surface area contributed by atoms with Crippen LogP contribution in [-0.4, -0.2) is 32.0 Å². The van der Waals surface area contributed by atoms with Gasteiger partial charge in [0.15, 0.2) is 11.6 Å². The maximum atomic E-state index is 12.7. The van der Waals surface area contributed by atoms with Gasteiger partial charge in [0.2, 0.25) is 5.13 Å². The van der Waals surface area contributed by atoms with E-state index in [1.54, 1.807) is 23.5 Å². The fraction of sp³-hybridized carbons (Fsp3) is 0.200. The standard InChI is InChI=1S/C20H19N3OS3/c1-13(18-21-19(27-23-18)22-20(25-2)26-3)15-10-7-11-16(12-15)17(24)14-8-5-4-6-9-14/h4-13H,1-3H3. The summed E-state index contributed by atoms with van der Waals surface area (Å²) in [6, 6.07) is 17.0. The molecule has 0 radical (unpaired) electrons. The lowest BCUT2D eigenvalue weighted by atomic mass is 9.95. The molecule has 1 heterocycles. The second-order valence-corrected chi connectivity index (χ2v) is 8.34. The molecular weight excluding hydrogens is 394 g/mol. The average molecular weight is 414 g/mol. The Morgan fingerprint density at radius 2 is 1.74 bits per heavy atom. The Hall–Kier alpha value is -1.96. The van der Waals surface area contributed by atoms with E-state index in [-0.39, 0.29) is 11.7 Å². The van der Waals surface area contributed by atoms with Crippen LogP contribution >= 0.6 is 35.1 Å². The van der Waals surface area contributed by atoms with Crippen LogP contribution in [0.3, 0.4) is 0 Å². The van der Waals surface area contributed by atoms with Crippen molar-refractivity contribution in [2.45, 2.75) is 12.8 Å². The van der Waals surface area contributed by atoms with Gasteiger partial charge < -0.3 is 0 Å². The molecule has 0 amide bonds. The van der Waals surface area contributed by atoms with E-state index in [1.165, 1.54) is 11.5 Å². The average Bonchev–Trinajstić information content (AvgIpc) is 3.20. The third-order valence-electron chi connectivity index (χ3n) is 4.04. The van der Waals surface area contributed by atoms with Crippen molar-refractivity contribution < 1.29 is 4.79 Å². The molecule has 0 aliphatic carbocycles. The Labute approximate surface area is 171 Å². The normalized spacial score (nSPS) is 11.8. The molecule has 0 saturated heterocycles. The molecule has 138 valence electrons. The second kappa shape index (κ2) is 9.30. The van der Waals surface area contributed by atoms with E-state index < -0.39 is 0 Å². The largest absolute Gasteiger partial charge is 0.289 e. The number of nitrogens with zero attached hydrogens (tertiary/aromatic N) is 3. The molecule has 0 aliphatic heterocycles. The zero-order chi connectivity index (χ0) is 19.2. The monoisotopic (exact) mass is 413 g/mol. The number of aliphatic imine (C=N–C) groups is 1. The van der Waals surface area contributed by atoms with Gasteiger partial charge in [0.25, 0.3) is 0 Å². The molecule has 0 fully saturated rings. The quantitative estimate of drug-likeness (QED) is 0.308. The van der Waals surface area contributed by atoms with E-state index in [2.05, 4.69) is 14.3 Å². The molecule has 0 saturated carbocycles. The molecule has 7 heteroatoms. The Kier molecular flexibility index (Phi) is 6.82. The maximum Gasteiger partial charge on any atom is 0.230 e. The van der Waals surface area contributed by atoms with Crippen LogP contribution in [0, 0.1) is 0 Å². The number of rotatable bonds is 5. The topological polar surface area (TPSA) is 55.2 Å². The molecule has 0 spiro atoms. The fourth-order valence-corrected chi connectivity index (χ4v) is 4.33. The van der Waals surface area contributed by atoms with Crippen molar-refractivity contribution in [3.8, 4) is 0 Å². The first-order chi connectivity index (χ1) is 13.1. The van der Waals surface area contributed by atoms with Crippen LogP contribution in [-0.2, 0) is 0 Å². The molecule has 27 heavy (non-hydrogen) atoms. The zero-order valence-corrected chi connectivity index (χ0v) is 17.7. The minimum absolute atomic E-state index is 0.0132. The van der Waals surface area contributed by atoms with E-state index in [0.717, 1.165) is 15.8 Å². The summed E-state index contributed by atoms with van der Waals surface area (Å²) >= 11 is 4.49. The molecule has 0 aliphatic rings. The maximum absolute atomic E-state index is 12.7. The van der Waals surface area contributed by atoms with Crippen LogP contribution in [0.5, 0.6) is 0 Å². The SMILES string of the molecule is CSC(=Nc1nc(C(C)c2cccc(C(=O)c3ccccc3)c2)ns1)SC. The summed E-state index contributed by atoms with van der Waals surface area (Å²) in [6.07, 6.45) is 3.99. The molecule has 0 N–H and O–H groups in total. The van der Waals surface area contributed by atoms with Gasteiger partial charge in [-0.3, -0.25) is 4.79 Å². The number of carbonyl (C=O) groups excluding carboxylic acids is 1. The number of hydrogen-bond donors (Lipinski definition) is 0. The van der Waals surface area contributed by atoms with Crippen molar-refractivity contribution in [2.24, 2.45) is 4.99 Å². The van der Waals surface area contributed by atoms with E-state index >= 15 is 0 Å². The highest BCUT2D eigenvalue weighted by atomic mass is 32.2. The molecule has 1 unspecified atom stereocenters. The Morgan fingerprint density at radius 3 is 2.44 bits per heavy atom. The Bertz CT molecular complexity index is 948. The van der Waals surface area contributed by atoms with Crippen molar-refractivity contribution in [3.63, 3.8) is 0 Å². The number of benzene rings is 2. The van der Waals surface area contributed by atoms with Gasteiger partial charge >= 0.3 is 0 Å². The third kappa shape index (κ3) is 4.86. The summed E-state index contributed by atoms with van der Waals surface area (Å²) in [7, 11) is 0. The smallest absolute Gasteiger partial charge is 0.230 e.